The first kappa shape index (κ1) is 14.3. The minimum atomic E-state index is -0.700. The van der Waals surface area contributed by atoms with E-state index in [0.717, 1.165) is 35.9 Å². The lowest BCUT2D eigenvalue weighted by molar-refractivity contribution is -0.143. The van der Waals surface area contributed by atoms with Crippen LogP contribution in [0.3, 0.4) is 0 Å². The van der Waals surface area contributed by atoms with Crippen LogP contribution in [0.25, 0.3) is 10.9 Å². The van der Waals surface area contributed by atoms with Crippen molar-refractivity contribution in [1.82, 2.24) is 9.88 Å². The van der Waals surface area contributed by atoms with E-state index in [1.807, 2.05) is 24.3 Å². The minimum absolute atomic E-state index is 0.267. The van der Waals surface area contributed by atoms with Gasteiger partial charge in [0.25, 0.3) is 0 Å². The van der Waals surface area contributed by atoms with Crippen LogP contribution in [0.15, 0.2) is 30.5 Å². The van der Waals surface area contributed by atoms with Crippen molar-refractivity contribution in [1.29, 1.82) is 0 Å². The molecule has 3 rings (SSSR count). The number of pyridine rings is 1. The van der Waals surface area contributed by atoms with Gasteiger partial charge in [-0.2, -0.15) is 0 Å². The minimum Gasteiger partial charge on any atom is -0.481 e. The summed E-state index contributed by atoms with van der Waals surface area (Å²) in [5.41, 5.74) is 2.00. The summed E-state index contributed by atoms with van der Waals surface area (Å²) in [5.74, 6) is -0.967. The highest BCUT2D eigenvalue weighted by Crippen LogP contribution is 2.25. The van der Waals surface area contributed by atoms with E-state index in [9.17, 15) is 9.90 Å². The fourth-order valence-electron chi connectivity index (χ4n) is 2.99. The number of carbonyl (C=O) groups is 1. The fourth-order valence-corrected chi connectivity index (χ4v) is 3.24. The van der Waals surface area contributed by atoms with E-state index < -0.39 is 5.97 Å². The number of aliphatic carboxylic acids is 1. The van der Waals surface area contributed by atoms with E-state index >= 15 is 0 Å². The largest absolute Gasteiger partial charge is 0.481 e. The molecule has 0 amide bonds. The zero-order valence-electron chi connectivity index (χ0n) is 11.6. The molecule has 1 saturated heterocycles. The molecule has 1 atom stereocenters. The summed E-state index contributed by atoms with van der Waals surface area (Å²) in [5, 5.41) is 10.9. The summed E-state index contributed by atoms with van der Waals surface area (Å²) in [4.78, 5) is 17.8. The average molecular weight is 305 g/mol. The van der Waals surface area contributed by atoms with E-state index in [0.29, 0.717) is 18.1 Å². The molecular weight excluding hydrogens is 288 g/mol. The molecule has 1 unspecified atom stereocenters. The molecule has 5 heteroatoms. The Bertz CT molecular complexity index is 674. The summed E-state index contributed by atoms with van der Waals surface area (Å²) in [6.45, 7) is 2.21. The maximum Gasteiger partial charge on any atom is 0.307 e. The first-order valence-corrected chi connectivity index (χ1v) is 7.49. The number of hydrogen-bond donors (Lipinski definition) is 1. The highest BCUT2D eigenvalue weighted by molar-refractivity contribution is 6.31. The third kappa shape index (κ3) is 3.17. The van der Waals surface area contributed by atoms with Crippen LogP contribution in [-0.2, 0) is 11.3 Å². The van der Waals surface area contributed by atoms with Crippen molar-refractivity contribution in [2.45, 2.75) is 19.4 Å². The molecule has 0 spiro atoms. The Morgan fingerprint density at radius 1 is 1.48 bits per heavy atom. The van der Waals surface area contributed by atoms with Gasteiger partial charge in [-0.15, -0.1) is 0 Å². The van der Waals surface area contributed by atoms with Crippen molar-refractivity contribution in [2.24, 2.45) is 5.92 Å². The van der Waals surface area contributed by atoms with Gasteiger partial charge in [0.15, 0.2) is 0 Å². The molecule has 110 valence electrons. The van der Waals surface area contributed by atoms with E-state index in [1.54, 1.807) is 6.20 Å². The predicted molar refractivity (Wildman–Crippen MR) is 82.4 cm³/mol. The molecule has 4 nitrogen and oxygen atoms in total. The van der Waals surface area contributed by atoms with Gasteiger partial charge in [-0.25, -0.2) is 0 Å². The van der Waals surface area contributed by atoms with Gasteiger partial charge in [0.2, 0.25) is 0 Å². The summed E-state index contributed by atoms with van der Waals surface area (Å²) in [7, 11) is 0. The summed E-state index contributed by atoms with van der Waals surface area (Å²) in [6, 6.07) is 7.72. The van der Waals surface area contributed by atoms with Crippen LogP contribution in [0.4, 0.5) is 0 Å². The molecule has 1 aliphatic heterocycles. The molecular formula is C16H17ClN2O2. The second-order valence-electron chi connectivity index (χ2n) is 5.55. The molecule has 0 radical (unpaired) electrons. The lowest BCUT2D eigenvalue weighted by Crippen LogP contribution is -2.38. The van der Waals surface area contributed by atoms with Crippen LogP contribution in [-0.4, -0.2) is 34.0 Å². The van der Waals surface area contributed by atoms with Crippen molar-refractivity contribution >= 4 is 28.5 Å². The number of hydrogen-bond acceptors (Lipinski definition) is 3. The van der Waals surface area contributed by atoms with E-state index in [2.05, 4.69) is 9.88 Å². The number of piperidine rings is 1. The van der Waals surface area contributed by atoms with Gasteiger partial charge >= 0.3 is 5.97 Å². The molecule has 0 saturated carbocycles. The van der Waals surface area contributed by atoms with Crippen molar-refractivity contribution in [3.05, 3.63) is 41.0 Å². The fraction of sp³-hybridized carbons (Fsp3) is 0.375. The van der Waals surface area contributed by atoms with E-state index in [1.165, 1.54) is 0 Å². The van der Waals surface area contributed by atoms with Crippen LogP contribution in [0.5, 0.6) is 0 Å². The maximum atomic E-state index is 11.2. The summed E-state index contributed by atoms with van der Waals surface area (Å²) in [6.07, 6.45) is 3.46. The average Bonchev–Trinajstić information content (AvgIpc) is 2.47. The smallest absolute Gasteiger partial charge is 0.307 e. The number of likely N-dealkylation sites (tertiary alicyclic amines) is 1. The normalized spacial score (nSPS) is 19.8. The third-order valence-electron chi connectivity index (χ3n) is 4.00. The van der Waals surface area contributed by atoms with Crippen LogP contribution >= 0.6 is 11.6 Å². The second kappa shape index (κ2) is 6.00. The van der Waals surface area contributed by atoms with Gasteiger partial charge in [-0.05, 0) is 43.1 Å². The first-order chi connectivity index (χ1) is 10.1. The standard InChI is InChI=1S/C16H17ClN2O2/c17-14-7-11-3-1-5-18-15(11)13(8-14)10-19-6-2-4-12(9-19)16(20)21/h1,3,5,7-8,12H,2,4,6,9-10H2,(H,20,21). The molecule has 2 aromatic rings. The number of benzene rings is 1. The topological polar surface area (TPSA) is 53.4 Å². The molecule has 2 heterocycles. The highest BCUT2D eigenvalue weighted by Gasteiger charge is 2.25. The number of halogens is 1. The zero-order chi connectivity index (χ0) is 14.8. The molecule has 1 aromatic heterocycles. The van der Waals surface area contributed by atoms with Gasteiger partial charge in [-0.1, -0.05) is 17.7 Å². The lowest BCUT2D eigenvalue weighted by Gasteiger charge is -2.30. The molecule has 1 fully saturated rings. The number of aromatic nitrogens is 1. The van der Waals surface area contributed by atoms with Crippen molar-refractivity contribution < 1.29 is 9.90 Å². The summed E-state index contributed by atoms with van der Waals surface area (Å²) >= 11 is 6.18. The Morgan fingerprint density at radius 2 is 2.33 bits per heavy atom. The van der Waals surface area contributed by atoms with Crippen LogP contribution in [0.2, 0.25) is 5.02 Å². The molecule has 0 aliphatic carbocycles. The van der Waals surface area contributed by atoms with Gasteiger partial charge in [-0.3, -0.25) is 14.7 Å². The molecule has 1 aliphatic rings. The third-order valence-corrected chi connectivity index (χ3v) is 4.22. The maximum absolute atomic E-state index is 11.2. The second-order valence-corrected chi connectivity index (χ2v) is 5.99. The van der Waals surface area contributed by atoms with E-state index in [-0.39, 0.29) is 5.92 Å². The zero-order valence-corrected chi connectivity index (χ0v) is 12.4. The van der Waals surface area contributed by atoms with Gasteiger partial charge in [0.1, 0.15) is 0 Å². The number of carboxylic acid groups (broad SMARTS) is 1. The molecule has 1 N–H and O–H groups in total. The van der Waals surface area contributed by atoms with Crippen molar-refractivity contribution in [2.75, 3.05) is 13.1 Å². The Hall–Kier alpha value is -1.65. The van der Waals surface area contributed by atoms with Crippen molar-refractivity contribution in [3.63, 3.8) is 0 Å². The quantitative estimate of drug-likeness (QED) is 0.946. The van der Waals surface area contributed by atoms with Gasteiger partial charge in [0.05, 0.1) is 11.4 Å². The Morgan fingerprint density at radius 3 is 3.14 bits per heavy atom. The Kier molecular flexibility index (Phi) is 4.08. The Balaban J connectivity index is 1.86. The van der Waals surface area contributed by atoms with Crippen molar-refractivity contribution in [3.8, 4) is 0 Å². The highest BCUT2D eigenvalue weighted by atomic mass is 35.5. The molecule has 1 aromatic carbocycles. The van der Waals surface area contributed by atoms with E-state index in [4.69, 9.17) is 11.6 Å². The van der Waals surface area contributed by atoms with Crippen LogP contribution in [0, 0.1) is 5.92 Å². The number of nitrogens with zero attached hydrogens (tertiary/aromatic N) is 2. The Labute approximate surface area is 128 Å². The molecule has 21 heavy (non-hydrogen) atoms. The lowest BCUT2D eigenvalue weighted by atomic mass is 9.97. The molecule has 0 bridgehead atoms. The van der Waals surface area contributed by atoms with Crippen LogP contribution < -0.4 is 0 Å². The monoisotopic (exact) mass is 304 g/mol. The van der Waals surface area contributed by atoms with Gasteiger partial charge < -0.3 is 5.11 Å². The van der Waals surface area contributed by atoms with Crippen LogP contribution in [0.1, 0.15) is 18.4 Å². The summed E-state index contributed by atoms with van der Waals surface area (Å²) < 4.78 is 0. The predicted octanol–water partition coefficient (Wildman–Crippen LogP) is 3.18. The number of carboxylic acids is 1. The number of rotatable bonds is 3. The number of fused-ring (bicyclic) bond motifs is 1. The van der Waals surface area contributed by atoms with Gasteiger partial charge in [0, 0.05) is 29.7 Å². The first-order valence-electron chi connectivity index (χ1n) is 7.12. The SMILES string of the molecule is O=C(O)C1CCCN(Cc2cc(Cl)cc3cccnc23)C1.